The predicted octanol–water partition coefficient (Wildman–Crippen LogP) is 4.51. The second kappa shape index (κ2) is 5.41. The number of fused-ring (bicyclic) bond motifs is 1. The van der Waals surface area contributed by atoms with Crippen LogP contribution >= 0.6 is 11.3 Å². The monoisotopic (exact) mass is 300 g/mol. The quantitative estimate of drug-likeness (QED) is 0.528. The van der Waals surface area contributed by atoms with Crippen LogP contribution in [-0.2, 0) is 0 Å². The first-order chi connectivity index (χ1) is 10.1. The van der Waals surface area contributed by atoms with Crippen LogP contribution in [0.25, 0.3) is 22.4 Å². The van der Waals surface area contributed by atoms with Gasteiger partial charge in [0.2, 0.25) is 0 Å². The van der Waals surface area contributed by atoms with E-state index in [1.165, 1.54) is 35.6 Å². The third-order valence-corrected chi connectivity index (χ3v) is 3.87. The number of hydrogen-bond acceptors (Lipinski definition) is 4. The Kier molecular flexibility index (Phi) is 3.45. The minimum atomic E-state index is -0.433. The average molecular weight is 300 g/mol. The van der Waals surface area contributed by atoms with E-state index in [4.69, 9.17) is 0 Å². The number of hydrogen-bond donors (Lipinski definition) is 0. The summed E-state index contributed by atoms with van der Waals surface area (Å²) < 4.78 is 14.0. The molecule has 0 N–H and O–H groups in total. The molecule has 0 aliphatic rings. The molecule has 0 aliphatic heterocycles. The van der Waals surface area contributed by atoms with Gasteiger partial charge < -0.3 is 0 Å². The molecule has 4 nitrogen and oxygen atoms in total. The topological polar surface area (TPSA) is 56.0 Å². The molecular weight excluding hydrogens is 291 g/mol. The second-order valence-electron chi connectivity index (χ2n) is 4.35. The van der Waals surface area contributed by atoms with Crippen molar-refractivity contribution in [2.45, 2.75) is 0 Å². The molecule has 0 saturated carbocycles. The van der Waals surface area contributed by atoms with Gasteiger partial charge in [-0.05, 0) is 23.8 Å². The van der Waals surface area contributed by atoms with Crippen molar-refractivity contribution in [3.8, 4) is 0 Å². The zero-order valence-corrected chi connectivity index (χ0v) is 11.5. The number of benzene rings is 2. The van der Waals surface area contributed by atoms with Gasteiger partial charge in [-0.1, -0.05) is 18.2 Å². The maximum atomic E-state index is 13.1. The molecule has 104 valence electrons. The van der Waals surface area contributed by atoms with Crippen molar-refractivity contribution in [1.29, 1.82) is 0 Å². The highest BCUT2D eigenvalue weighted by Crippen LogP contribution is 2.24. The van der Waals surface area contributed by atoms with Crippen molar-refractivity contribution in [3.63, 3.8) is 0 Å². The van der Waals surface area contributed by atoms with E-state index >= 15 is 0 Å². The molecular formula is C15H9FN2O2S. The maximum absolute atomic E-state index is 13.1. The van der Waals surface area contributed by atoms with E-state index in [0.29, 0.717) is 5.52 Å². The molecule has 0 spiro atoms. The fourth-order valence-electron chi connectivity index (χ4n) is 1.90. The largest absolute Gasteiger partial charge is 0.270 e. The fraction of sp³-hybridized carbons (Fsp3) is 0. The minimum absolute atomic E-state index is 0.0449. The molecule has 0 bridgehead atoms. The van der Waals surface area contributed by atoms with Crippen LogP contribution in [0.5, 0.6) is 0 Å². The summed E-state index contributed by atoms with van der Waals surface area (Å²) in [6.45, 7) is 0. The molecule has 1 aromatic heterocycles. The van der Waals surface area contributed by atoms with E-state index in [-0.39, 0.29) is 11.5 Å². The Bertz CT molecular complexity index is 858. The summed E-state index contributed by atoms with van der Waals surface area (Å²) >= 11 is 1.44. The van der Waals surface area contributed by atoms with Gasteiger partial charge in [-0.25, -0.2) is 9.37 Å². The van der Waals surface area contributed by atoms with Gasteiger partial charge in [-0.2, -0.15) is 0 Å². The van der Waals surface area contributed by atoms with E-state index in [9.17, 15) is 14.5 Å². The molecule has 1 heterocycles. The summed E-state index contributed by atoms with van der Waals surface area (Å²) in [4.78, 5) is 14.6. The zero-order valence-electron chi connectivity index (χ0n) is 10.7. The minimum Gasteiger partial charge on any atom is -0.258 e. The average Bonchev–Trinajstić information content (AvgIpc) is 2.87. The van der Waals surface area contributed by atoms with Crippen LogP contribution in [0.2, 0.25) is 0 Å². The van der Waals surface area contributed by atoms with Crippen LogP contribution < -0.4 is 0 Å². The molecule has 0 fully saturated rings. The van der Waals surface area contributed by atoms with E-state index in [2.05, 4.69) is 4.98 Å². The number of aromatic nitrogens is 1. The number of non-ortho nitro benzene ring substituents is 1. The number of halogens is 1. The summed E-state index contributed by atoms with van der Waals surface area (Å²) in [7, 11) is 0. The van der Waals surface area contributed by atoms with Crippen molar-refractivity contribution in [1.82, 2.24) is 4.98 Å². The third-order valence-electron chi connectivity index (χ3n) is 2.87. The Morgan fingerprint density at radius 1 is 1.19 bits per heavy atom. The Morgan fingerprint density at radius 3 is 2.86 bits per heavy atom. The molecule has 0 saturated heterocycles. The zero-order chi connectivity index (χ0) is 14.8. The first-order valence-corrected chi connectivity index (χ1v) is 6.92. The number of nitro groups is 1. The Labute approximate surface area is 123 Å². The van der Waals surface area contributed by atoms with E-state index in [1.54, 1.807) is 30.4 Å². The number of rotatable bonds is 3. The number of nitrogens with zero attached hydrogens (tertiary/aromatic N) is 2. The fourth-order valence-corrected chi connectivity index (χ4v) is 2.75. The van der Waals surface area contributed by atoms with Crippen molar-refractivity contribution in [2.75, 3.05) is 0 Å². The van der Waals surface area contributed by atoms with Gasteiger partial charge in [0, 0.05) is 18.2 Å². The highest BCUT2D eigenvalue weighted by molar-refractivity contribution is 7.19. The van der Waals surface area contributed by atoms with Gasteiger partial charge in [0.1, 0.15) is 10.8 Å². The first-order valence-electron chi connectivity index (χ1n) is 6.10. The van der Waals surface area contributed by atoms with Crippen LogP contribution in [0.1, 0.15) is 10.6 Å². The lowest BCUT2D eigenvalue weighted by Crippen LogP contribution is -1.87. The molecule has 2 aromatic carbocycles. The van der Waals surface area contributed by atoms with Crippen LogP contribution in [0.3, 0.4) is 0 Å². The van der Waals surface area contributed by atoms with Crippen molar-refractivity contribution in [2.24, 2.45) is 0 Å². The van der Waals surface area contributed by atoms with Crippen LogP contribution in [0.4, 0.5) is 10.1 Å². The molecule has 6 heteroatoms. The predicted molar refractivity (Wildman–Crippen MR) is 81.6 cm³/mol. The second-order valence-corrected chi connectivity index (χ2v) is 5.41. The Balaban J connectivity index is 1.90. The van der Waals surface area contributed by atoms with Crippen molar-refractivity contribution in [3.05, 3.63) is 69.0 Å². The van der Waals surface area contributed by atoms with Gasteiger partial charge >= 0.3 is 0 Å². The van der Waals surface area contributed by atoms with Crippen LogP contribution in [0, 0.1) is 15.9 Å². The standard InChI is InChI=1S/C15H9FN2O2S/c16-11-5-6-14-13(9-11)17-15(21-14)7-4-10-2-1-3-12(8-10)18(19)20/h1-9H/b7-4+. The highest BCUT2D eigenvalue weighted by Gasteiger charge is 2.05. The lowest BCUT2D eigenvalue weighted by atomic mass is 10.2. The van der Waals surface area contributed by atoms with Crippen LogP contribution in [0.15, 0.2) is 42.5 Å². The highest BCUT2D eigenvalue weighted by atomic mass is 32.1. The van der Waals surface area contributed by atoms with Crippen molar-refractivity contribution >= 4 is 39.4 Å². The van der Waals surface area contributed by atoms with Gasteiger partial charge in [0.15, 0.2) is 0 Å². The first kappa shape index (κ1) is 13.4. The summed E-state index contributed by atoms with van der Waals surface area (Å²) in [5.41, 5.74) is 1.37. The summed E-state index contributed by atoms with van der Waals surface area (Å²) in [6, 6.07) is 10.8. The number of thiazole rings is 1. The molecule has 0 aliphatic carbocycles. The molecule has 0 atom stereocenters. The molecule has 0 unspecified atom stereocenters. The molecule has 3 aromatic rings. The normalized spacial score (nSPS) is 11.3. The summed E-state index contributed by atoms with van der Waals surface area (Å²) in [5, 5.41) is 11.4. The SMILES string of the molecule is O=[N+]([O-])c1cccc(/C=C/c2nc3cc(F)ccc3s2)c1. The molecule has 21 heavy (non-hydrogen) atoms. The van der Waals surface area contributed by atoms with Gasteiger partial charge in [-0.15, -0.1) is 11.3 Å². The van der Waals surface area contributed by atoms with Crippen LogP contribution in [-0.4, -0.2) is 9.91 Å². The summed E-state index contributed by atoms with van der Waals surface area (Å²) in [5.74, 6) is -0.318. The smallest absolute Gasteiger partial charge is 0.258 e. The van der Waals surface area contributed by atoms with E-state index in [0.717, 1.165) is 15.3 Å². The Morgan fingerprint density at radius 2 is 2.05 bits per heavy atom. The van der Waals surface area contributed by atoms with E-state index in [1.807, 2.05) is 0 Å². The molecule has 3 rings (SSSR count). The summed E-state index contributed by atoms with van der Waals surface area (Å²) in [6.07, 6.45) is 3.52. The lowest BCUT2D eigenvalue weighted by molar-refractivity contribution is -0.384. The lowest BCUT2D eigenvalue weighted by Gasteiger charge is -1.93. The molecule has 0 radical (unpaired) electrons. The molecule has 0 amide bonds. The van der Waals surface area contributed by atoms with Gasteiger partial charge in [0.05, 0.1) is 15.1 Å². The number of nitro benzene ring substituents is 1. The van der Waals surface area contributed by atoms with E-state index < -0.39 is 4.92 Å². The van der Waals surface area contributed by atoms with Crippen molar-refractivity contribution < 1.29 is 9.31 Å². The maximum Gasteiger partial charge on any atom is 0.270 e. The Hall–Kier alpha value is -2.60. The van der Waals surface area contributed by atoms with Gasteiger partial charge in [0.25, 0.3) is 5.69 Å². The van der Waals surface area contributed by atoms with Gasteiger partial charge in [-0.3, -0.25) is 10.1 Å². The third kappa shape index (κ3) is 2.95.